The van der Waals surface area contributed by atoms with Crippen molar-refractivity contribution < 1.29 is 0 Å². The van der Waals surface area contributed by atoms with Crippen LogP contribution in [0.1, 0.15) is 24.1 Å². The fourth-order valence-corrected chi connectivity index (χ4v) is 1.93. The molecule has 1 atom stereocenters. The summed E-state index contributed by atoms with van der Waals surface area (Å²) >= 11 is 0. The topological polar surface area (TPSA) is 42.7 Å². The second kappa shape index (κ2) is 5.59. The Morgan fingerprint density at radius 3 is 2.88 bits per heavy atom. The molecule has 0 amide bonds. The van der Waals surface area contributed by atoms with Crippen LogP contribution in [-0.2, 0) is 13.5 Å². The zero-order chi connectivity index (χ0) is 12.1. The summed E-state index contributed by atoms with van der Waals surface area (Å²) in [6.45, 7) is 3.06. The molecule has 0 radical (unpaired) electrons. The van der Waals surface area contributed by atoms with E-state index < -0.39 is 0 Å². The highest BCUT2D eigenvalue weighted by molar-refractivity contribution is 5.17. The van der Waals surface area contributed by atoms with Crippen LogP contribution in [0.2, 0.25) is 0 Å². The first-order chi connectivity index (χ1) is 8.29. The highest BCUT2D eigenvalue weighted by Crippen LogP contribution is 2.17. The average Bonchev–Trinajstić information content (AvgIpc) is 2.77. The van der Waals surface area contributed by atoms with Gasteiger partial charge in [0.2, 0.25) is 0 Å². The predicted octanol–water partition coefficient (Wildman–Crippen LogP) is 1.71. The Kier molecular flexibility index (Phi) is 3.88. The average molecular weight is 230 g/mol. The highest BCUT2D eigenvalue weighted by atomic mass is 15.2. The van der Waals surface area contributed by atoms with E-state index in [2.05, 4.69) is 34.6 Å². The maximum atomic E-state index is 4.22. The van der Waals surface area contributed by atoms with Crippen LogP contribution in [0.15, 0.2) is 36.9 Å². The minimum atomic E-state index is 0.304. The van der Waals surface area contributed by atoms with Gasteiger partial charge in [0.15, 0.2) is 0 Å². The molecule has 0 saturated carbocycles. The second-order valence-electron chi connectivity index (χ2n) is 4.12. The lowest BCUT2D eigenvalue weighted by atomic mass is 10.0. The number of rotatable bonds is 5. The van der Waals surface area contributed by atoms with E-state index in [1.165, 1.54) is 11.1 Å². The van der Waals surface area contributed by atoms with E-state index in [-0.39, 0.29) is 0 Å². The summed E-state index contributed by atoms with van der Waals surface area (Å²) in [5.41, 5.74) is 2.46. The first kappa shape index (κ1) is 11.8. The molecule has 4 nitrogen and oxygen atoms in total. The van der Waals surface area contributed by atoms with Gasteiger partial charge in [-0.05, 0) is 24.6 Å². The van der Waals surface area contributed by atoms with Crippen molar-refractivity contribution in [3.8, 4) is 0 Å². The van der Waals surface area contributed by atoms with E-state index in [0.717, 1.165) is 13.0 Å². The first-order valence-electron chi connectivity index (χ1n) is 5.90. The third-order valence-corrected chi connectivity index (χ3v) is 2.74. The molecule has 4 heteroatoms. The van der Waals surface area contributed by atoms with Crippen LogP contribution in [0.4, 0.5) is 0 Å². The van der Waals surface area contributed by atoms with E-state index in [1.54, 1.807) is 6.20 Å². The Bertz CT molecular complexity index is 449. The van der Waals surface area contributed by atoms with Gasteiger partial charge in [-0.25, -0.2) is 0 Å². The van der Waals surface area contributed by atoms with E-state index in [1.807, 2.05) is 30.2 Å². The van der Waals surface area contributed by atoms with Crippen molar-refractivity contribution in [1.29, 1.82) is 0 Å². The number of aromatic nitrogens is 3. The third-order valence-electron chi connectivity index (χ3n) is 2.74. The van der Waals surface area contributed by atoms with Crippen molar-refractivity contribution in [2.24, 2.45) is 7.05 Å². The third kappa shape index (κ3) is 3.14. The zero-order valence-electron chi connectivity index (χ0n) is 10.3. The number of pyridine rings is 1. The Hall–Kier alpha value is -1.68. The summed E-state index contributed by atoms with van der Waals surface area (Å²) in [4.78, 5) is 4.15. The number of nitrogens with one attached hydrogen (secondary N) is 1. The number of hydrogen-bond acceptors (Lipinski definition) is 3. The van der Waals surface area contributed by atoms with E-state index in [0.29, 0.717) is 6.04 Å². The molecule has 2 heterocycles. The van der Waals surface area contributed by atoms with Crippen molar-refractivity contribution in [2.75, 3.05) is 6.54 Å². The molecule has 0 spiro atoms. The minimum absolute atomic E-state index is 0.304. The normalized spacial score (nSPS) is 12.6. The Labute approximate surface area is 102 Å². The van der Waals surface area contributed by atoms with E-state index in [9.17, 15) is 0 Å². The standard InChI is InChI=1S/C13H18N4/c1-3-15-13(12-9-16-17(2)10-12)7-11-5-4-6-14-8-11/h4-6,8-10,13,15H,3,7H2,1-2H3. The van der Waals surface area contributed by atoms with Crippen LogP contribution in [0, 0.1) is 0 Å². The van der Waals surface area contributed by atoms with Crippen LogP contribution in [-0.4, -0.2) is 21.3 Å². The van der Waals surface area contributed by atoms with Crippen molar-refractivity contribution in [2.45, 2.75) is 19.4 Å². The molecule has 1 unspecified atom stereocenters. The van der Waals surface area contributed by atoms with Crippen LogP contribution >= 0.6 is 0 Å². The van der Waals surface area contributed by atoms with Gasteiger partial charge in [0.25, 0.3) is 0 Å². The molecule has 0 aliphatic rings. The summed E-state index contributed by atoms with van der Waals surface area (Å²) in [6.07, 6.45) is 8.64. The molecule has 2 rings (SSSR count). The molecule has 17 heavy (non-hydrogen) atoms. The van der Waals surface area contributed by atoms with Gasteiger partial charge >= 0.3 is 0 Å². The summed E-state index contributed by atoms with van der Waals surface area (Å²) < 4.78 is 1.84. The quantitative estimate of drug-likeness (QED) is 0.850. The predicted molar refractivity (Wildman–Crippen MR) is 67.6 cm³/mol. The Morgan fingerprint density at radius 2 is 2.29 bits per heavy atom. The molecule has 0 bridgehead atoms. The van der Waals surface area contributed by atoms with Gasteiger partial charge in [0, 0.05) is 37.2 Å². The molecular formula is C13H18N4. The van der Waals surface area contributed by atoms with Crippen molar-refractivity contribution in [1.82, 2.24) is 20.1 Å². The molecule has 90 valence electrons. The molecule has 0 aliphatic carbocycles. The van der Waals surface area contributed by atoms with Crippen LogP contribution in [0.3, 0.4) is 0 Å². The first-order valence-corrected chi connectivity index (χ1v) is 5.90. The summed E-state index contributed by atoms with van der Waals surface area (Å²) in [5.74, 6) is 0. The summed E-state index contributed by atoms with van der Waals surface area (Å²) in [6, 6.07) is 4.38. The van der Waals surface area contributed by atoms with Gasteiger partial charge in [0.05, 0.1) is 6.20 Å². The maximum absolute atomic E-state index is 4.22. The van der Waals surface area contributed by atoms with Crippen LogP contribution in [0.25, 0.3) is 0 Å². The lowest BCUT2D eigenvalue weighted by molar-refractivity contribution is 0.548. The lowest BCUT2D eigenvalue weighted by Gasteiger charge is -2.16. The molecule has 2 aromatic rings. The van der Waals surface area contributed by atoms with Gasteiger partial charge in [-0.15, -0.1) is 0 Å². The van der Waals surface area contributed by atoms with Crippen molar-refractivity contribution >= 4 is 0 Å². The summed E-state index contributed by atoms with van der Waals surface area (Å²) in [7, 11) is 1.94. The van der Waals surface area contributed by atoms with E-state index >= 15 is 0 Å². The molecule has 1 N–H and O–H groups in total. The number of nitrogens with zero attached hydrogens (tertiary/aromatic N) is 3. The van der Waals surface area contributed by atoms with Crippen molar-refractivity contribution in [3.63, 3.8) is 0 Å². The van der Waals surface area contributed by atoms with Crippen LogP contribution in [0.5, 0.6) is 0 Å². The second-order valence-corrected chi connectivity index (χ2v) is 4.12. The molecule has 2 aromatic heterocycles. The fourth-order valence-electron chi connectivity index (χ4n) is 1.93. The van der Waals surface area contributed by atoms with Gasteiger partial charge in [-0.2, -0.15) is 5.10 Å². The number of hydrogen-bond donors (Lipinski definition) is 1. The zero-order valence-corrected chi connectivity index (χ0v) is 10.3. The largest absolute Gasteiger partial charge is 0.310 e. The molecule has 0 fully saturated rings. The molecule has 0 aromatic carbocycles. The van der Waals surface area contributed by atoms with Crippen molar-refractivity contribution in [3.05, 3.63) is 48.0 Å². The lowest BCUT2D eigenvalue weighted by Crippen LogP contribution is -2.22. The van der Waals surface area contributed by atoms with Gasteiger partial charge in [0.1, 0.15) is 0 Å². The van der Waals surface area contributed by atoms with Gasteiger partial charge in [-0.1, -0.05) is 13.0 Å². The number of likely N-dealkylation sites (N-methyl/N-ethyl adjacent to an activating group) is 1. The maximum Gasteiger partial charge on any atom is 0.0537 e. The van der Waals surface area contributed by atoms with E-state index in [4.69, 9.17) is 0 Å². The van der Waals surface area contributed by atoms with Gasteiger partial charge < -0.3 is 5.32 Å². The smallest absolute Gasteiger partial charge is 0.0537 e. The minimum Gasteiger partial charge on any atom is -0.310 e. The molecule has 0 saturated heterocycles. The SMILES string of the molecule is CCNC(Cc1cccnc1)c1cnn(C)c1. The Morgan fingerprint density at radius 1 is 1.41 bits per heavy atom. The fraction of sp³-hybridized carbons (Fsp3) is 0.385. The van der Waals surface area contributed by atoms with Gasteiger partial charge in [-0.3, -0.25) is 9.67 Å². The number of aryl methyl sites for hydroxylation is 1. The molecular weight excluding hydrogens is 212 g/mol. The summed E-state index contributed by atoms with van der Waals surface area (Å²) in [5, 5.41) is 7.70. The Balaban J connectivity index is 2.13. The highest BCUT2D eigenvalue weighted by Gasteiger charge is 2.12. The molecule has 0 aliphatic heterocycles. The van der Waals surface area contributed by atoms with Crippen LogP contribution < -0.4 is 5.32 Å². The monoisotopic (exact) mass is 230 g/mol.